The summed E-state index contributed by atoms with van der Waals surface area (Å²) in [6, 6.07) is 12.7. The number of aromatic nitrogens is 4. The molecule has 2 aromatic carbocycles. The SMILES string of the molecule is COc1cc2nccc(Oc3ccc(NC(=O)c4nn(-c5ccc(F)cc5OC)cc4OCC4CC4)nc3)c2cc1OC. The molecule has 0 unspecified atom stereocenters. The standard InChI is InChI=1S/C31H28FN5O6/c1-39-25-12-19(32)6-8-23(25)37-16-28(42-17-18-4-5-18)30(36-37)31(38)35-29-9-7-20(15-34-29)43-24-10-11-33-22-14-27(41-3)26(40-2)13-21(22)24/h6-16,18H,4-5,17H2,1-3H3,(H,34,35,38). The molecule has 1 N–H and O–H groups in total. The number of benzene rings is 2. The Balaban J connectivity index is 1.21. The van der Waals surface area contributed by atoms with Crippen LogP contribution in [0.2, 0.25) is 0 Å². The van der Waals surface area contributed by atoms with Gasteiger partial charge in [-0.2, -0.15) is 5.10 Å². The second-order valence-corrected chi connectivity index (χ2v) is 9.83. The number of amides is 1. The lowest BCUT2D eigenvalue weighted by Crippen LogP contribution is -2.15. The molecule has 0 spiro atoms. The molecule has 3 aromatic heterocycles. The van der Waals surface area contributed by atoms with Gasteiger partial charge in [-0.25, -0.2) is 14.1 Å². The maximum Gasteiger partial charge on any atom is 0.281 e. The zero-order valence-electron chi connectivity index (χ0n) is 23.7. The van der Waals surface area contributed by atoms with Gasteiger partial charge in [-0.1, -0.05) is 0 Å². The number of carbonyl (C=O) groups excluding carboxylic acids is 1. The summed E-state index contributed by atoms with van der Waals surface area (Å²) in [5.74, 6) is 2.42. The lowest BCUT2D eigenvalue weighted by molar-refractivity contribution is 0.101. The van der Waals surface area contributed by atoms with Crippen LogP contribution in [-0.4, -0.2) is 53.6 Å². The van der Waals surface area contributed by atoms with Gasteiger partial charge < -0.3 is 29.0 Å². The highest BCUT2D eigenvalue weighted by Crippen LogP contribution is 2.37. The first-order valence-electron chi connectivity index (χ1n) is 13.5. The molecule has 3 heterocycles. The van der Waals surface area contributed by atoms with Gasteiger partial charge in [0.15, 0.2) is 22.9 Å². The van der Waals surface area contributed by atoms with Gasteiger partial charge in [0.05, 0.1) is 45.8 Å². The van der Waals surface area contributed by atoms with Crippen molar-refractivity contribution in [1.29, 1.82) is 0 Å². The molecule has 12 heteroatoms. The number of methoxy groups -OCH3 is 3. The van der Waals surface area contributed by atoms with E-state index in [1.807, 2.05) is 0 Å². The topological polar surface area (TPSA) is 119 Å². The molecule has 43 heavy (non-hydrogen) atoms. The number of rotatable bonds is 11. The predicted molar refractivity (Wildman–Crippen MR) is 155 cm³/mol. The van der Waals surface area contributed by atoms with Crippen LogP contribution in [0.4, 0.5) is 10.2 Å². The van der Waals surface area contributed by atoms with Crippen molar-refractivity contribution in [2.24, 2.45) is 5.92 Å². The number of nitrogens with one attached hydrogen (secondary N) is 1. The van der Waals surface area contributed by atoms with E-state index in [0.717, 1.165) is 18.2 Å². The molecule has 0 aliphatic heterocycles. The normalized spacial score (nSPS) is 12.6. The van der Waals surface area contributed by atoms with Crippen molar-refractivity contribution < 1.29 is 32.9 Å². The summed E-state index contributed by atoms with van der Waals surface area (Å²) < 4.78 is 43.3. The molecule has 1 amide bonds. The maximum absolute atomic E-state index is 13.8. The van der Waals surface area contributed by atoms with Crippen molar-refractivity contribution in [3.05, 3.63) is 78.6 Å². The van der Waals surface area contributed by atoms with Crippen LogP contribution in [0.25, 0.3) is 16.6 Å². The van der Waals surface area contributed by atoms with Gasteiger partial charge >= 0.3 is 0 Å². The molecule has 1 aliphatic carbocycles. The van der Waals surface area contributed by atoms with E-state index in [2.05, 4.69) is 20.4 Å². The average Bonchev–Trinajstić information content (AvgIpc) is 3.77. The first-order chi connectivity index (χ1) is 20.9. The summed E-state index contributed by atoms with van der Waals surface area (Å²) in [5.41, 5.74) is 1.18. The van der Waals surface area contributed by atoms with E-state index >= 15 is 0 Å². The first kappa shape index (κ1) is 27.8. The van der Waals surface area contributed by atoms with Crippen LogP contribution in [0.15, 0.2) is 67.1 Å². The highest BCUT2D eigenvalue weighted by atomic mass is 19.1. The molecule has 0 atom stereocenters. The number of fused-ring (bicyclic) bond motifs is 1. The number of carbonyl (C=O) groups is 1. The van der Waals surface area contributed by atoms with Gasteiger partial charge in [-0.3, -0.25) is 9.78 Å². The van der Waals surface area contributed by atoms with Crippen LogP contribution in [0, 0.1) is 11.7 Å². The van der Waals surface area contributed by atoms with E-state index in [1.165, 1.54) is 36.2 Å². The number of hydrogen-bond donors (Lipinski definition) is 1. The van der Waals surface area contributed by atoms with Crippen LogP contribution in [0.1, 0.15) is 23.3 Å². The number of halogens is 1. The minimum absolute atomic E-state index is 0.0572. The zero-order chi connectivity index (χ0) is 29.9. The average molecular weight is 586 g/mol. The van der Waals surface area contributed by atoms with Gasteiger partial charge in [0.1, 0.15) is 34.6 Å². The van der Waals surface area contributed by atoms with E-state index in [0.29, 0.717) is 52.5 Å². The lowest BCUT2D eigenvalue weighted by Gasteiger charge is -2.12. The van der Waals surface area contributed by atoms with Crippen molar-refractivity contribution in [3.8, 4) is 40.2 Å². The monoisotopic (exact) mass is 585 g/mol. The van der Waals surface area contributed by atoms with Crippen molar-refractivity contribution >= 4 is 22.6 Å². The number of ether oxygens (including phenoxy) is 5. The molecule has 11 nitrogen and oxygen atoms in total. The molecular formula is C31H28FN5O6. The third kappa shape index (κ3) is 5.98. The number of pyridine rings is 2. The minimum Gasteiger partial charge on any atom is -0.494 e. The Morgan fingerprint density at radius 2 is 1.72 bits per heavy atom. The molecule has 5 aromatic rings. The highest BCUT2D eigenvalue weighted by molar-refractivity contribution is 6.04. The zero-order valence-corrected chi connectivity index (χ0v) is 23.7. The van der Waals surface area contributed by atoms with Crippen LogP contribution in [0.3, 0.4) is 0 Å². The van der Waals surface area contributed by atoms with Crippen molar-refractivity contribution in [2.45, 2.75) is 12.8 Å². The molecule has 0 saturated heterocycles. The van der Waals surface area contributed by atoms with Crippen molar-refractivity contribution in [2.75, 3.05) is 33.3 Å². The first-order valence-corrected chi connectivity index (χ1v) is 13.5. The summed E-state index contributed by atoms with van der Waals surface area (Å²) in [6.07, 6.45) is 6.87. The summed E-state index contributed by atoms with van der Waals surface area (Å²) in [7, 11) is 4.56. The predicted octanol–water partition coefficient (Wildman–Crippen LogP) is 5.81. The summed E-state index contributed by atoms with van der Waals surface area (Å²) in [5, 5.41) is 7.93. The largest absolute Gasteiger partial charge is 0.494 e. The van der Waals surface area contributed by atoms with E-state index < -0.39 is 11.7 Å². The molecule has 1 aliphatic rings. The molecule has 0 bridgehead atoms. The van der Waals surface area contributed by atoms with Gasteiger partial charge in [0.2, 0.25) is 0 Å². The second-order valence-electron chi connectivity index (χ2n) is 9.83. The minimum atomic E-state index is -0.520. The van der Waals surface area contributed by atoms with E-state index in [1.54, 1.807) is 56.9 Å². The third-order valence-corrected chi connectivity index (χ3v) is 6.87. The van der Waals surface area contributed by atoms with Crippen LogP contribution in [0.5, 0.6) is 34.5 Å². The Kier molecular flexibility index (Phi) is 7.65. The van der Waals surface area contributed by atoms with Crippen LogP contribution < -0.4 is 29.0 Å². The van der Waals surface area contributed by atoms with Crippen LogP contribution >= 0.6 is 0 Å². The third-order valence-electron chi connectivity index (χ3n) is 6.87. The van der Waals surface area contributed by atoms with Crippen molar-refractivity contribution in [3.63, 3.8) is 0 Å². The number of nitrogens with zero attached hydrogens (tertiary/aromatic N) is 4. The summed E-state index contributed by atoms with van der Waals surface area (Å²) in [4.78, 5) is 22.1. The Morgan fingerprint density at radius 3 is 2.44 bits per heavy atom. The van der Waals surface area contributed by atoms with Gasteiger partial charge in [0, 0.05) is 23.7 Å². The molecule has 1 saturated carbocycles. The van der Waals surface area contributed by atoms with Gasteiger partial charge in [0.25, 0.3) is 5.91 Å². The quantitative estimate of drug-likeness (QED) is 0.205. The molecule has 6 rings (SSSR count). The van der Waals surface area contributed by atoms with Crippen LogP contribution in [-0.2, 0) is 0 Å². The highest BCUT2D eigenvalue weighted by Gasteiger charge is 2.26. The van der Waals surface area contributed by atoms with E-state index in [9.17, 15) is 9.18 Å². The van der Waals surface area contributed by atoms with Gasteiger partial charge in [-0.05, 0) is 55.2 Å². The Hall–Kier alpha value is -5.39. The number of hydrogen-bond acceptors (Lipinski definition) is 9. The Labute approximate surface area is 246 Å². The summed E-state index contributed by atoms with van der Waals surface area (Å²) in [6.45, 7) is 0.471. The fourth-order valence-electron chi connectivity index (χ4n) is 4.43. The van der Waals surface area contributed by atoms with Crippen molar-refractivity contribution in [1.82, 2.24) is 19.7 Å². The summed E-state index contributed by atoms with van der Waals surface area (Å²) >= 11 is 0. The van der Waals surface area contributed by atoms with E-state index in [4.69, 9.17) is 23.7 Å². The fourth-order valence-corrected chi connectivity index (χ4v) is 4.43. The lowest BCUT2D eigenvalue weighted by atomic mass is 10.2. The van der Waals surface area contributed by atoms with E-state index in [-0.39, 0.29) is 17.3 Å². The molecule has 220 valence electrons. The Bertz CT molecular complexity index is 1790. The molecular weight excluding hydrogens is 557 g/mol. The van der Waals surface area contributed by atoms with Gasteiger partial charge in [-0.15, -0.1) is 0 Å². The Morgan fingerprint density at radius 1 is 0.930 bits per heavy atom. The fraction of sp³-hybridized carbons (Fsp3) is 0.226. The second kappa shape index (κ2) is 11.8. The molecule has 0 radical (unpaired) electrons. The molecule has 1 fully saturated rings. The maximum atomic E-state index is 13.8. The smallest absolute Gasteiger partial charge is 0.281 e. The number of anilines is 1.